The van der Waals surface area contributed by atoms with Crippen molar-refractivity contribution in [2.75, 3.05) is 11.5 Å². The molecule has 1 fully saturated rings. The molecule has 1 heterocycles. The molecule has 20 heavy (non-hydrogen) atoms. The smallest absolute Gasteiger partial charge is 0.170 e. The second kappa shape index (κ2) is 5.41. The summed E-state index contributed by atoms with van der Waals surface area (Å²) in [5, 5.41) is 14.9. The Morgan fingerprint density at radius 3 is 2.90 bits per heavy atom. The van der Waals surface area contributed by atoms with Crippen LogP contribution in [-0.4, -0.2) is 36.5 Å². The molecule has 0 bridgehead atoms. The monoisotopic (exact) mass is 297 g/mol. The SMILES string of the molecule is CC1(NCc2cccc(C(N)=NO)c2)CCS(=O)(=O)C1. The Balaban J connectivity index is 2.05. The van der Waals surface area contributed by atoms with Crippen LogP contribution in [0.15, 0.2) is 29.4 Å². The topological polar surface area (TPSA) is 105 Å². The van der Waals surface area contributed by atoms with Crippen LogP contribution in [-0.2, 0) is 16.4 Å². The van der Waals surface area contributed by atoms with Crippen LogP contribution in [0.4, 0.5) is 0 Å². The van der Waals surface area contributed by atoms with E-state index >= 15 is 0 Å². The Labute approximate surface area is 118 Å². The van der Waals surface area contributed by atoms with E-state index in [0.717, 1.165) is 5.56 Å². The standard InChI is InChI=1S/C13H19N3O3S/c1-13(5-6-20(18,19)9-13)15-8-10-3-2-4-11(7-10)12(14)16-17/h2-4,7,15,17H,5-6,8-9H2,1H3,(H2,14,16). The lowest BCUT2D eigenvalue weighted by Crippen LogP contribution is -2.42. The highest BCUT2D eigenvalue weighted by atomic mass is 32.2. The molecule has 0 amide bonds. The number of hydrogen-bond donors (Lipinski definition) is 3. The molecule has 4 N–H and O–H groups in total. The molecule has 1 saturated heterocycles. The van der Waals surface area contributed by atoms with Gasteiger partial charge in [-0.1, -0.05) is 23.4 Å². The molecule has 110 valence electrons. The Bertz CT molecular complexity index is 628. The predicted octanol–water partition coefficient (Wildman–Crippen LogP) is 0.448. The van der Waals surface area contributed by atoms with Crippen molar-refractivity contribution >= 4 is 15.7 Å². The quantitative estimate of drug-likeness (QED) is 0.324. The molecule has 1 unspecified atom stereocenters. The van der Waals surface area contributed by atoms with E-state index in [1.54, 1.807) is 6.07 Å². The molecule has 6 nitrogen and oxygen atoms in total. The van der Waals surface area contributed by atoms with E-state index < -0.39 is 9.84 Å². The maximum atomic E-state index is 11.5. The molecule has 1 aromatic carbocycles. The number of nitrogens with one attached hydrogen (secondary N) is 1. The lowest BCUT2D eigenvalue weighted by Gasteiger charge is -2.24. The van der Waals surface area contributed by atoms with Gasteiger partial charge in [0, 0.05) is 17.6 Å². The third-order valence-corrected chi connectivity index (χ3v) is 5.46. The maximum absolute atomic E-state index is 11.5. The fraction of sp³-hybridized carbons (Fsp3) is 0.462. The van der Waals surface area contributed by atoms with Crippen molar-refractivity contribution in [1.82, 2.24) is 5.32 Å². The summed E-state index contributed by atoms with van der Waals surface area (Å²) in [6.07, 6.45) is 0.620. The average molecular weight is 297 g/mol. The summed E-state index contributed by atoms with van der Waals surface area (Å²) < 4.78 is 23.1. The first-order valence-corrected chi connectivity index (χ1v) is 8.18. The van der Waals surface area contributed by atoms with E-state index in [-0.39, 0.29) is 22.9 Å². The minimum atomic E-state index is -2.92. The molecular weight excluding hydrogens is 278 g/mol. The van der Waals surface area contributed by atoms with Gasteiger partial charge in [-0.05, 0) is 25.0 Å². The molecule has 1 atom stereocenters. The molecule has 1 aliphatic heterocycles. The van der Waals surface area contributed by atoms with Crippen molar-refractivity contribution in [3.05, 3.63) is 35.4 Å². The molecular formula is C13H19N3O3S. The molecule has 2 rings (SSSR count). The van der Waals surface area contributed by atoms with E-state index in [2.05, 4.69) is 10.5 Å². The van der Waals surface area contributed by atoms with Crippen LogP contribution in [0, 0.1) is 0 Å². The third kappa shape index (κ3) is 3.49. The van der Waals surface area contributed by atoms with Crippen molar-refractivity contribution < 1.29 is 13.6 Å². The van der Waals surface area contributed by atoms with Crippen LogP contribution in [0.2, 0.25) is 0 Å². The summed E-state index contributed by atoms with van der Waals surface area (Å²) >= 11 is 0. The minimum Gasteiger partial charge on any atom is -0.409 e. The summed E-state index contributed by atoms with van der Waals surface area (Å²) in [6.45, 7) is 2.46. The molecule has 1 aliphatic rings. The van der Waals surface area contributed by atoms with Crippen LogP contribution < -0.4 is 11.1 Å². The van der Waals surface area contributed by atoms with E-state index in [1.165, 1.54) is 0 Å². The van der Waals surface area contributed by atoms with Crippen LogP contribution in [0.25, 0.3) is 0 Å². The minimum absolute atomic E-state index is 0.0569. The molecule has 0 radical (unpaired) electrons. The van der Waals surface area contributed by atoms with E-state index in [1.807, 2.05) is 25.1 Å². The van der Waals surface area contributed by atoms with Crippen molar-refractivity contribution in [3.8, 4) is 0 Å². The Kier molecular flexibility index (Phi) is 4.01. The van der Waals surface area contributed by atoms with Crippen LogP contribution in [0.5, 0.6) is 0 Å². The van der Waals surface area contributed by atoms with Gasteiger partial charge in [-0.25, -0.2) is 8.42 Å². The Hall–Kier alpha value is -1.60. The zero-order valence-corrected chi connectivity index (χ0v) is 12.2. The van der Waals surface area contributed by atoms with Gasteiger partial charge in [-0.3, -0.25) is 0 Å². The normalized spacial score (nSPS) is 25.8. The summed E-state index contributed by atoms with van der Waals surface area (Å²) in [6, 6.07) is 7.29. The summed E-state index contributed by atoms with van der Waals surface area (Å²) in [5.41, 5.74) is 6.75. The van der Waals surface area contributed by atoms with Gasteiger partial charge in [0.2, 0.25) is 0 Å². The molecule has 1 aromatic rings. The number of hydrogen-bond acceptors (Lipinski definition) is 5. The van der Waals surface area contributed by atoms with Gasteiger partial charge in [0.25, 0.3) is 0 Å². The van der Waals surface area contributed by atoms with Crippen molar-refractivity contribution in [1.29, 1.82) is 0 Å². The van der Waals surface area contributed by atoms with Crippen LogP contribution in [0.3, 0.4) is 0 Å². The van der Waals surface area contributed by atoms with Gasteiger partial charge in [-0.2, -0.15) is 0 Å². The number of nitrogens with zero attached hydrogens (tertiary/aromatic N) is 1. The number of benzene rings is 1. The first kappa shape index (κ1) is 14.8. The largest absolute Gasteiger partial charge is 0.409 e. The number of sulfone groups is 1. The van der Waals surface area contributed by atoms with E-state index in [4.69, 9.17) is 10.9 Å². The van der Waals surface area contributed by atoms with Gasteiger partial charge < -0.3 is 16.3 Å². The van der Waals surface area contributed by atoms with Crippen molar-refractivity contribution in [2.24, 2.45) is 10.9 Å². The zero-order valence-electron chi connectivity index (χ0n) is 11.3. The lowest BCUT2D eigenvalue weighted by atomic mass is 10.0. The lowest BCUT2D eigenvalue weighted by molar-refractivity contribution is 0.318. The number of oxime groups is 1. The first-order valence-electron chi connectivity index (χ1n) is 6.36. The van der Waals surface area contributed by atoms with Gasteiger partial charge in [0.1, 0.15) is 0 Å². The number of rotatable bonds is 4. The highest BCUT2D eigenvalue weighted by Crippen LogP contribution is 2.23. The van der Waals surface area contributed by atoms with Crippen LogP contribution >= 0.6 is 0 Å². The van der Waals surface area contributed by atoms with E-state index in [0.29, 0.717) is 18.5 Å². The van der Waals surface area contributed by atoms with Gasteiger partial charge in [0.05, 0.1) is 11.5 Å². The summed E-state index contributed by atoms with van der Waals surface area (Å²) in [5.74, 6) is 0.460. The Morgan fingerprint density at radius 2 is 2.30 bits per heavy atom. The second-order valence-electron chi connectivity index (χ2n) is 5.44. The fourth-order valence-corrected chi connectivity index (χ4v) is 4.49. The van der Waals surface area contributed by atoms with Crippen molar-refractivity contribution in [2.45, 2.75) is 25.4 Å². The van der Waals surface area contributed by atoms with Crippen LogP contribution in [0.1, 0.15) is 24.5 Å². The highest BCUT2D eigenvalue weighted by molar-refractivity contribution is 7.91. The van der Waals surface area contributed by atoms with Gasteiger partial charge in [0.15, 0.2) is 15.7 Å². The van der Waals surface area contributed by atoms with E-state index in [9.17, 15) is 8.42 Å². The fourth-order valence-electron chi connectivity index (χ4n) is 2.36. The number of amidine groups is 1. The molecule has 0 spiro atoms. The number of nitrogens with two attached hydrogens (primary N) is 1. The first-order chi connectivity index (χ1) is 9.34. The molecule has 7 heteroatoms. The molecule has 0 aromatic heterocycles. The molecule has 0 saturated carbocycles. The zero-order chi connectivity index (χ0) is 14.8. The predicted molar refractivity (Wildman–Crippen MR) is 77.5 cm³/mol. The highest BCUT2D eigenvalue weighted by Gasteiger charge is 2.37. The Morgan fingerprint density at radius 1 is 1.55 bits per heavy atom. The average Bonchev–Trinajstić information content (AvgIpc) is 2.70. The maximum Gasteiger partial charge on any atom is 0.170 e. The second-order valence-corrected chi connectivity index (χ2v) is 7.63. The van der Waals surface area contributed by atoms with Crippen molar-refractivity contribution in [3.63, 3.8) is 0 Å². The third-order valence-electron chi connectivity index (χ3n) is 3.55. The van der Waals surface area contributed by atoms with Gasteiger partial charge >= 0.3 is 0 Å². The summed E-state index contributed by atoms with van der Waals surface area (Å²) in [7, 11) is -2.92. The van der Waals surface area contributed by atoms with Gasteiger partial charge in [-0.15, -0.1) is 0 Å². The summed E-state index contributed by atoms with van der Waals surface area (Å²) in [4.78, 5) is 0. The molecule has 0 aliphatic carbocycles.